The SMILES string of the molecule is CC(Oc1ccccc1Cl)C(=O)N1CCN(c2ccccc2[N+](=O)[O-])CC1. The van der Waals surface area contributed by atoms with Crippen molar-refractivity contribution in [2.75, 3.05) is 31.1 Å². The van der Waals surface area contributed by atoms with Crippen LogP contribution in [0, 0.1) is 10.1 Å². The fourth-order valence-electron chi connectivity index (χ4n) is 3.09. The van der Waals surface area contributed by atoms with Gasteiger partial charge in [-0.15, -0.1) is 0 Å². The Morgan fingerprint density at radius 1 is 1.11 bits per heavy atom. The minimum atomic E-state index is -0.664. The molecule has 1 atom stereocenters. The molecule has 1 amide bonds. The molecule has 0 aromatic heterocycles. The summed E-state index contributed by atoms with van der Waals surface area (Å²) in [5.74, 6) is 0.343. The number of nitro benzene ring substituents is 1. The van der Waals surface area contributed by atoms with E-state index in [1.165, 1.54) is 6.07 Å². The minimum Gasteiger partial charge on any atom is -0.479 e. The van der Waals surface area contributed by atoms with Gasteiger partial charge in [0.2, 0.25) is 0 Å². The maximum Gasteiger partial charge on any atom is 0.292 e. The first kappa shape index (κ1) is 19.0. The molecule has 3 rings (SSSR count). The fourth-order valence-corrected chi connectivity index (χ4v) is 3.27. The summed E-state index contributed by atoms with van der Waals surface area (Å²) < 4.78 is 5.70. The molecule has 8 heteroatoms. The van der Waals surface area contributed by atoms with E-state index in [9.17, 15) is 14.9 Å². The molecule has 0 bridgehead atoms. The second-order valence-corrected chi connectivity index (χ2v) is 6.66. The lowest BCUT2D eigenvalue weighted by atomic mass is 10.2. The Morgan fingerprint density at radius 2 is 1.74 bits per heavy atom. The number of carbonyl (C=O) groups is 1. The maximum absolute atomic E-state index is 12.7. The topological polar surface area (TPSA) is 75.9 Å². The highest BCUT2D eigenvalue weighted by atomic mass is 35.5. The molecule has 0 N–H and O–H groups in total. The van der Waals surface area contributed by atoms with Crippen molar-refractivity contribution in [3.8, 4) is 5.75 Å². The van der Waals surface area contributed by atoms with E-state index in [0.717, 1.165) is 0 Å². The summed E-state index contributed by atoms with van der Waals surface area (Å²) in [6.07, 6.45) is -0.664. The predicted octanol–water partition coefficient (Wildman–Crippen LogP) is 3.36. The number of nitrogens with zero attached hydrogens (tertiary/aromatic N) is 3. The molecular weight excluding hydrogens is 370 g/mol. The number of piperazine rings is 1. The van der Waals surface area contributed by atoms with Crippen molar-refractivity contribution in [3.63, 3.8) is 0 Å². The van der Waals surface area contributed by atoms with Gasteiger partial charge in [-0.3, -0.25) is 14.9 Å². The van der Waals surface area contributed by atoms with Crippen LogP contribution in [0.3, 0.4) is 0 Å². The molecule has 142 valence electrons. The number of carbonyl (C=O) groups excluding carboxylic acids is 1. The normalized spacial score (nSPS) is 15.3. The van der Waals surface area contributed by atoms with Crippen LogP contribution in [0.1, 0.15) is 6.92 Å². The summed E-state index contributed by atoms with van der Waals surface area (Å²) in [6.45, 7) is 3.69. The van der Waals surface area contributed by atoms with Gasteiger partial charge >= 0.3 is 0 Å². The minimum absolute atomic E-state index is 0.0766. The third-order valence-electron chi connectivity index (χ3n) is 4.50. The van der Waals surface area contributed by atoms with Gasteiger partial charge in [0.15, 0.2) is 6.10 Å². The van der Waals surface area contributed by atoms with Crippen molar-refractivity contribution in [2.45, 2.75) is 13.0 Å². The van der Waals surface area contributed by atoms with E-state index in [2.05, 4.69) is 0 Å². The van der Waals surface area contributed by atoms with Gasteiger partial charge in [-0.25, -0.2) is 0 Å². The van der Waals surface area contributed by atoms with E-state index in [1.807, 2.05) is 4.90 Å². The van der Waals surface area contributed by atoms with Crippen molar-refractivity contribution in [2.24, 2.45) is 0 Å². The van der Waals surface area contributed by atoms with Gasteiger partial charge in [-0.05, 0) is 25.1 Å². The molecule has 2 aromatic rings. The van der Waals surface area contributed by atoms with Crippen molar-refractivity contribution in [3.05, 3.63) is 63.7 Å². The van der Waals surface area contributed by atoms with Crippen LogP contribution in [0.25, 0.3) is 0 Å². The number of nitro groups is 1. The molecule has 1 aliphatic heterocycles. The Kier molecular flexibility index (Phi) is 5.81. The number of ether oxygens (including phenoxy) is 1. The van der Waals surface area contributed by atoms with Crippen LogP contribution in [0.5, 0.6) is 5.75 Å². The van der Waals surface area contributed by atoms with Gasteiger partial charge in [0.05, 0.1) is 9.95 Å². The molecular formula is C19H20ClN3O4. The van der Waals surface area contributed by atoms with Gasteiger partial charge in [-0.1, -0.05) is 35.9 Å². The molecule has 1 fully saturated rings. The predicted molar refractivity (Wildman–Crippen MR) is 103 cm³/mol. The molecule has 0 spiro atoms. The second-order valence-electron chi connectivity index (χ2n) is 6.25. The first-order valence-corrected chi connectivity index (χ1v) is 9.03. The van der Waals surface area contributed by atoms with E-state index < -0.39 is 6.10 Å². The van der Waals surface area contributed by atoms with Gasteiger partial charge in [0, 0.05) is 32.2 Å². The number of rotatable bonds is 5. The first-order chi connectivity index (χ1) is 13.0. The average Bonchev–Trinajstić information content (AvgIpc) is 2.69. The van der Waals surface area contributed by atoms with Gasteiger partial charge in [0.25, 0.3) is 11.6 Å². The Hall–Kier alpha value is -2.80. The molecule has 1 saturated heterocycles. The standard InChI is InChI=1S/C19H20ClN3O4/c1-14(27-18-9-5-2-6-15(18)20)19(24)22-12-10-21(11-13-22)16-7-3-4-8-17(16)23(25)26/h2-9,14H,10-13H2,1H3. The number of halogens is 1. The molecule has 1 aliphatic rings. The van der Waals surface area contributed by atoms with Crippen molar-refractivity contribution in [1.29, 1.82) is 0 Å². The lowest BCUT2D eigenvalue weighted by Crippen LogP contribution is -2.52. The second kappa shape index (κ2) is 8.26. The van der Waals surface area contributed by atoms with Crippen molar-refractivity contribution in [1.82, 2.24) is 4.90 Å². The number of amides is 1. The van der Waals surface area contributed by atoms with E-state index >= 15 is 0 Å². The van der Waals surface area contributed by atoms with Gasteiger partial charge in [0.1, 0.15) is 11.4 Å². The molecule has 0 radical (unpaired) electrons. The Morgan fingerprint density at radius 3 is 2.41 bits per heavy atom. The number of anilines is 1. The highest BCUT2D eigenvalue weighted by molar-refractivity contribution is 6.32. The zero-order valence-electron chi connectivity index (χ0n) is 14.9. The number of benzene rings is 2. The van der Waals surface area contributed by atoms with Gasteiger partial charge in [-0.2, -0.15) is 0 Å². The Labute approximate surface area is 162 Å². The number of hydrogen-bond donors (Lipinski definition) is 0. The quantitative estimate of drug-likeness (QED) is 0.579. The summed E-state index contributed by atoms with van der Waals surface area (Å²) in [4.78, 5) is 27.1. The third-order valence-corrected chi connectivity index (χ3v) is 4.81. The van der Waals surface area contributed by atoms with E-state index in [-0.39, 0.29) is 16.5 Å². The van der Waals surface area contributed by atoms with E-state index in [4.69, 9.17) is 16.3 Å². The van der Waals surface area contributed by atoms with E-state index in [1.54, 1.807) is 54.3 Å². The van der Waals surface area contributed by atoms with Crippen LogP contribution in [0.4, 0.5) is 11.4 Å². The monoisotopic (exact) mass is 389 g/mol. The largest absolute Gasteiger partial charge is 0.479 e. The van der Waals surface area contributed by atoms with Crippen LogP contribution in [0.2, 0.25) is 5.02 Å². The van der Waals surface area contributed by atoms with Crippen LogP contribution < -0.4 is 9.64 Å². The molecule has 7 nitrogen and oxygen atoms in total. The molecule has 2 aromatic carbocycles. The summed E-state index contributed by atoms with van der Waals surface area (Å²) in [5, 5.41) is 11.7. The molecule has 0 aliphatic carbocycles. The highest BCUT2D eigenvalue weighted by Gasteiger charge is 2.28. The van der Waals surface area contributed by atoms with Crippen LogP contribution in [-0.4, -0.2) is 48.0 Å². The maximum atomic E-state index is 12.7. The van der Waals surface area contributed by atoms with Crippen LogP contribution in [0.15, 0.2) is 48.5 Å². The van der Waals surface area contributed by atoms with Crippen LogP contribution >= 0.6 is 11.6 Å². The van der Waals surface area contributed by atoms with E-state index in [0.29, 0.717) is 42.6 Å². The van der Waals surface area contributed by atoms with Gasteiger partial charge < -0.3 is 14.5 Å². The molecule has 0 saturated carbocycles. The summed E-state index contributed by atoms with van der Waals surface area (Å²) in [5.41, 5.74) is 0.655. The first-order valence-electron chi connectivity index (χ1n) is 8.65. The number of hydrogen-bond acceptors (Lipinski definition) is 5. The number of para-hydroxylation sites is 3. The third kappa shape index (κ3) is 4.31. The zero-order valence-corrected chi connectivity index (χ0v) is 15.6. The lowest BCUT2D eigenvalue weighted by Gasteiger charge is -2.36. The van der Waals surface area contributed by atoms with Crippen molar-refractivity contribution < 1.29 is 14.5 Å². The average molecular weight is 390 g/mol. The molecule has 27 heavy (non-hydrogen) atoms. The highest BCUT2D eigenvalue weighted by Crippen LogP contribution is 2.29. The lowest BCUT2D eigenvalue weighted by molar-refractivity contribution is -0.384. The van der Waals surface area contributed by atoms with Crippen LogP contribution in [-0.2, 0) is 4.79 Å². The zero-order chi connectivity index (χ0) is 19.4. The summed E-state index contributed by atoms with van der Waals surface area (Å²) in [6, 6.07) is 13.7. The molecule has 1 heterocycles. The fraction of sp³-hybridized carbons (Fsp3) is 0.316. The van der Waals surface area contributed by atoms with Crippen molar-refractivity contribution >= 4 is 28.9 Å². The smallest absolute Gasteiger partial charge is 0.292 e. The molecule has 1 unspecified atom stereocenters. The Balaban J connectivity index is 1.61. The Bertz CT molecular complexity index is 837. The summed E-state index contributed by atoms with van der Waals surface area (Å²) in [7, 11) is 0. The summed E-state index contributed by atoms with van der Waals surface area (Å²) >= 11 is 6.07.